The smallest absolute Gasteiger partial charge is 0.295 e. The summed E-state index contributed by atoms with van der Waals surface area (Å²) in [4.78, 5) is 9.52. The molecule has 1 amide bonds. The van der Waals surface area contributed by atoms with E-state index < -0.39 is 57.6 Å². The van der Waals surface area contributed by atoms with Crippen LogP contribution in [0.25, 0.3) is 32.3 Å². The predicted molar refractivity (Wildman–Crippen MR) is 127 cm³/mol. The van der Waals surface area contributed by atoms with Crippen molar-refractivity contribution in [2.75, 3.05) is 13.2 Å². The van der Waals surface area contributed by atoms with Crippen LogP contribution in [-0.4, -0.2) is 58.0 Å². The van der Waals surface area contributed by atoms with Gasteiger partial charge in [0, 0.05) is 38.4 Å². The molecule has 0 aliphatic rings. The Morgan fingerprint density at radius 2 is 1.19 bits per heavy atom. The maximum Gasteiger partial charge on any atom is 0.295 e. The van der Waals surface area contributed by atoms with Crippen LogP contribution in [0.4, 0.5) is 0 Å². The van der Waals surface area contributed by atoms with Gasteiger partial charge in [-0.25, -0.2) is 0 Å². The molecule has 0 spiro atoms. The van der Waals surface area contributed by atoms with Crippen molar-refractivity contribution in [3.8, 4) is 18.1 Å². The van der Waals surface area contributed by atoms with Gasteiger partial charge in [0.05, 0.1) is 6.54 Å². The summed E-state index contributed by atoms with van der Waals surface area (Å²) in [5, 5.41) is 1.64. The largest absolute Gasteiger partial charge is 0.483 e. The van der Waals surface area contributed by atoms with Gasteiger partial charge in [-0.2, -0.15) is 25.3 Å². The van der Waals surface area contributed by atoms with Gasteiger partial charge >= 0.3 is 0 Å². The molecule has 0 fully saturated rings. The fourth-order valence-electron chi connectivity index (χ4n) is 3.97. The van der Waals surface area contributed by atoms with E-state index in [4.69, 9.17) is 11.2 Å². The minimum atomic E-state index is -5.03. The van der Waals surface area contributed by atoms with Crippen molar-refractivity contribution < 1.29 is 48.4 Å². The lowest BCUT2D eigenvalue weighted by molar-refractivity contribution is -0.122. The Morgan fingerprint density at radius 3 is 1.64 bits per heavy atom. The van der Waals surface area contributed by atoms with E-state index in [2.05, 4.69) is 11.2 Å². The van der Waals surface area contributed by atoms with E-state index >= 15 is 0 Å². The Balaban J connectivity index is 2.19. The number of nitrogens with one attached hydrogen (secondary N) is 1. The number of carbonyl (C=O) groups is 1. The average Bonchev–Trinajstić information content (AvgIpc) is 2.77. The number of terminal acetylenes is 1. The molecule has 4 rings (SSSR count). The SMILES string of the molecule is C#CCNC(=O)COc1cc(S(=O)(=O)O)c2ccc3c(S(=O)(=O)O)cc(S(=O)(=O)O)c4ccc1c2c43. The normalized spacial score (nSPS) is 12.7. The van der Waals surface area contributed by atoms with E-state index in [1.807, 2.05) is 0 Å². The number of benzene rings is 4. The molecule has 0 saturated carbocycles. The van der Waals surface area contributed by atoms with Crippen molar-refractivity contribution in [1.82, 2.24) is 5.32 Å². The molecule has 4 aromatic rings. The monoisotopic (exact) mass is 553 g/mol. The van der Waals surface area contributed by atoms with Crippen LogP contribution in [0.15, 0.2) is 51.1 Å². The molecule has 0 bridgehead atoms. The van der Waals surface area contributed by atoms with Gasteiger partial charge in [-0.3, -0.25) is 18.5 Å². The highest BCUT2D eigenvalue weighted by molar-refractivity contribution is 7.87. The summed E-state index contributed by atoms with van der Waals surface area (Å²) in [7, 11) is -15.0. The number of hydrogen-bond donors (Lipinski definition) is 4. The summed E-state index contributed by atoms with van der Waals surface area (Å²) < 4.78 is 107. The minimum Gasteiger partial charge on any atom is -0.483 e. The van der Waals surface area contributed by atoms with Crippen molar-refractivity contribution in [1.29, 1.82) is 0 Å². The van der Waals surface area contributed by atoms with Crippen LogP contribution in [0.2, 0.25) is 0 Å². The molecule has 188 valence electrons. The lowest BCUT2D eigenvalue weighted by Crippen LogP contribution is -2.29. The van der Waals surface area contributed by atoms with E-state index in [1.54, 1.807) is 0 Å². The van der Waals surface area contributed by atoms with Crippen LogP contribution < -0.4 is 10.1 Å². The van der Waals surface area contributed by atoms with E-state index in [0.717, 1.165) is 18.2 Å². The third kappa shape index (κ3) is 4.41. The summed E-state index contributed by atoms with van der Waals surface area (Å²) in [6, 6.07) is 6.29. The molecule has 0 unspecified atom stereocenters. The summed E-state index contributed by atoms with van der Waals surface area (Å²) in [6.07, 6.45) is 5.07. The summed E-state index contributed by atoms with van der Waals surface area (Å²) in [5.41, 5.74) is 0. The van der Waals surface area contributed by atoms with Crippen molar-refractivity contribution in [3.63, 3.8) is 0 Å². The van der Waals surface area contributed by atoms with Gasteiger partial charge in [-0.15, -0.1) is 6.42 Å². The fraction of sp³-hybridized carbons (Fsp3) is 0.0952. The molecule has 4 N–H and O–H groups in total. The van der Waals surface area contributed by atoms with Crippen molar-refractivity contribution in [3.05, 3.63) is 36.4 Å². The van der Waals surface area contributed by atoms with Crippen LogP contribution >= 0.6 is 0 Å². The van der Waals surface area contributed by atoms with Gasteiger partial charge in [0.15, 0.2) is 6.61 Å². The second-order valence-electron chi connectivity index (χ2n) is 7.51. The second-order valence-corrected chi connectivity index (χ2v) is 11.7. The first-order valence-electron chi connectivity index (χ1n) is 9.68. The van der Waals surface area contributed by atoms with E-state index in [9.17, 15) is 43.7 Å². The fourth-order valence-corrected chi connectivity index (χ4v) is 6.18. The van der Waals surface area contributed by atoms with Crippen molar-refractivity contribution in [2.45, 2.75) is 14.7 Å². The van der Waals surface area contributed by atoms with E-state index in [-0.39, 0.29) is 44.6 Å². The lowest BCUT2D eigenvalue weighted by Gasteiger charge is -2.18. The number of carbonyl (C=O) groups excluding carboxylic acids is 1. The molecule has 4 aromatic carbocycles. The molecule has 15 heteroatoms. The van der Waals surface area contributed by atoms with Gasteiger partial charge in [-0.1, -0.05) is 24.1 Å². The van der Waals surface area contributed by atoms with E-state index in [0.29, 0.717) is 6.07 Å². The Labute approximate surface area is 204 Å². The zero-order valence-corrected chi connectivity index (χ0v) is 20.2. The Hall–Kier alpha value is -3.52. The van der Waals surface area contributed by atoms with Crippen molar-refractivity contribution in [2.24, 2.45) is 0 Å². The third-order valence-corrected chi connectivity index (χ3v) is 8.01. The molecule has 0 saturated heterocycles. The molecule has 12 nitrogen and oxygen atoms in total. The molecule has 0 atom stereocenters. The highest BCUT2D eigenvalue weighted by atomic mass is 32.2. The van der Waals surface area contributed by atoms with Crippen LogP contribution in [0.1, 0.15) is 0 Å². The minimum absolute atomic E-state index is 0.0745. The topological polar surface area (TPSA) is 201 Å². The summed E-state index contributed by atoms with van der Waals surface area (Å²) in [5.74, 6) is 1.30. The maximum absolute atomic E-state index is 12.2. The van der Waals surface area contributed by atoms with Crippen LogP contribution in [0.5, 0.6) is 5.75 Å². The van der Waals surface area contributed by atoms with Crippen LogP contribution in [0, 0.1) is 12.3 Å². The van der Waals surface area contributed by atoms with Gasteiger partial charge in [0.25, 0.3) is 36.3 Å². The zero-order valence-electron chi connectivity index (χ0n) is 17.8. The third-order valence-electron chi connectivity index (χ3n) is 5.33. The number of ether oxygens (including phenoxy) is 1. The standard InChI is InChI=1S/C21H15NO11S3/c1-2-7-22-19(23)10-33-15-8-16(34(24,25)26)12-5-6-14-18(36(30,31)32)9-17(35(27,28)29)13-4-3-11(15)20(12)21(13)14/h1,3-6,8-9H,7,10H2,(H,22,23)(H,24,25,26)(H,27,28,29)(H,30,31,32). The molecule has 36 heavy (non-hydrogen) atoms. The molecule has 0 aromatic heterocycles. The Kier molecular flexibility index (Phi) is 6.07. The maximum atomic E-state index is 12.2. The van der Waals surface area contributed by atoms with Crippen LogP contribution in [0.3, 0.4) is 0 Å². The van der Waals surface area contributed by atoms with Gasteiger partial charge in [0.1, 0.15) is 20.4 Å². The molecular weight excluding hydrogens is 538 g/mol. The molecular formula is C21H15NO11S3. The quantitative estimate of drug-likeness (QED) is 0.147. The number of amides is 1. The molecule has 0 heterocycles. The van der Waals surface area contributed by atoms with Gasteiger partial charge in [0.2, 0.25) is 0 Å². The highest BCUT2D eigenvalue weighted by Gasteiger charge is 2.28. The Bertz CT molecular complexity index is 1890. The number of hydrogen-bond acceptors (Lipinski definition) is 8. The van der Waals surface area contributed by atoms with E-state index in [1.165, 1.54) is 12.1 Å². The number of rotatable bonds is 7. The predicted octanol–water partition coefficient (Wildman–Crippen LogP) is 1.45. The first kappa shape index (κ1) is 25.6. The summed E-state index contributed by atoms with van der Waals surface area (Å²) >= 11 is 0. The van der Waals surface area contributed by atoms with Crippen LogP contribution in [-0.2, 0) is 35.1 Å². The zero-order chi connectivity index (χ0) is 26.6. The first-order chi connectivity index (χ1) is 16.6. The average molecular weight is 554 g/mol. The highest BCUT2D eigenvalue weighted by Crippen LogP contribution is 2.45. The second kappa shape index (κ2) is 8.55. The molecule has 0 aliphatic heterocycles. The Morgan fingerprint density at radius 1 is 0.778 bits per heavy atom. The first-order valence-corrected chi connectivity index (χ1v) is 14.0. The lowest BCUT2D eigenvalue weighted by atomic mass is 9.93. The van der Waals surface area contributed by atoms with Crippen molar-refractivity contribution >= 4 is 68.6 Å². The van der Waals surface area contributed by atoms with Gasteiger partial charge in [-0.05, 0) is 12.1 Å². The molecule has 0 radical (unpaired) electrons. The molecule has 0 aliphatic carbocycles. The summed E-state index contributed by atoms with van der Waals surface area (Å²) in [6.45, 7) is -0.725. The van der Waals surface area contributed by atoms with Gasteiger partial charge < -0.3 is 10.1 Å².